The molecule has 3 fully saturated rings. The molecule has 0 bridgehead atoms. The third-order valence-corrected chi connectivity index (χ3v) is 12.3. The van der Waals surface area contributed by atoms with Crippen LogP contribution in [0.1, 0.15) is 107 Å². The van der Waals surface area contributed by atoms with E-state index in [1.54, 1.807) is 19.4 Å². The van der Waals surface area contributed by atoms with Crippen molar-refractivity contribution < 1.29 is 20.4 Å². The van der Waals surface area contributed by atoms with Crippen molar-refractivity contribution in [2.45, 2.75) is 131 Å². The Balaban J connectivity index is 1.60. The summed E-state index contributed by atoms with van der Waals surface area (Å²) in [5, 5.41) is 42.1. The molecule has 4 nitrogen and oxygen atoms in total. The van der Waals surface area contributed by atoms with Gasteiger partial charge in [-0.1, -0.05) is 53.2 Å². The van der Waals surface area contributed by atoms with E-state index in [1.165, 1.54) is 19.3 Å². The third kappa shape index (κ3) is 3.68. The number of fused-ring (bicyclic) bond motifs is 5. The molecule has 0 aromatic rings. The van der Waals surface area contributed by atoms with Crippen LogP contribution in [-0.2, 0) is 0 Å². The van der Waals surface area contributed by atoms with Crippen LogP contribution in [0.25, 0.3) is 0 Å². The van der Waals surface area contributed by atoms with Crippen molar-refractivity contribution in [3.8, 4) is 0 Å². The van der Waals surface area contributed by atoms with Crippen molar-refractivity contribution in [2.24, 2.45) is 45.3 Å². The molecule has 0 heterocycles. The molecule has 4 aliphatic carbocycles. The second kappa shape index (κ2) is 8.30. The Morgan fingerprint density at radius 3 is 2.26 bits per heavy atom. The first kappa shape index (κ1) is 26.6. The van der Waals surface area contributed by atoms with Crippen LogP contribution in [0.2, 0.25) is 0 Å². The minimum atomic E-state index is -1.30. The molecule has 196 valence electrons. The average molecular weight is 477 g/mol. The summed E-state index contributed by atoms with van der Waals surface area (Å²) < 4.78 is 0. The second-order valence-corrected chi connectivity index (χ2v) is 14.7. The molecule has 0 radical (unpaired) electrons. The van der Waals surface area contributed by atoms with Gasteiger partial charge in [0.05, 0.1) is 17.8 Å². The zero-order valence-electron chi connectivity index (χ0n) is 23.1. The summed E-state index contributed by atoms with van der Waals surface area (Å²) in [7, 11) is 0. The normalized spacial score (nSPS) is 46.5. The molecule has 4 N–H and O–H groups in total. The molecule has 4 aliphatic rings. The molecule has 4 heteroatoms. The highest BCUT2D eigenvalue weighted by Crippen LogP contribution is 2.73. The largest absolute Gasteiger partial charge is 0.393 e. The van der Waals surface area contributed by atoms with E-state index in [2.05, 4.69) is 47.6 Å². The molecule has 0 spiro atoms. The molecule has 3 saturated carbocycles. The molecular weight excluding hydrogens is 424 g/mol. The zero-order valence-corrected chi connectivity index (χ0v) is 23.1. The highest BCUT2D eigenvalue weighted by molar-refractivity contribution is 5.33. The molecule has 34 heavy (non-hydrogen) atoms. The number of aliphatic hydroxyl groups excluding tert-OH is 3. The molecule has 0 aliphatic heterocycles. The molecular formula is C30H52O4. The predicted octanol–water partition coefficient (Wildman–Crippen LogP) is 5.47. The number of hydrogen-bond acceptors (Lipinski definition) is 4. The highest BCUT2D eigenvalue weighted by atomic mass is 16.4. The number of rotatable bonds is 5. The van der Waals surface area contributed by atoms with Crippen molar-refractivity contribution in [2.75, 3.05) is 0 Å². The predicted molar refractivity (Wildman–Crippen MR) is 137 cm³/mol. The van der Waals surface area contributed by atoms with E-state index in [0.29, 0.717) is 24.2 Å². The van der Waals surface area contributed by atoms with E-state index in [1.807, 2.05) is 0 Å². The summed E-state index contributed by atoms with van der Waals surface area (Å²) in [6.45, 7) is 17.5. The minimum Gasteiger partial charge on any atom is -0.393 e. The van der Waals surface area contributed by atoms with E-state index in [9.17, 15) is 20.4 Å². The van der Waals surface area contributed by atoms with Gasteiger partial charge in [-0.25, -0.2) is 0 Å². The molecule has 0 aromatic carbocycles. The maximum absolute atomic E-state index is 10.8. The molecule has 0 saturated heterocycles. The third-order valence-electron chi connectivity index (χ3n) is 12.3. The lowest BCUT2D eigenvalue weighted by atomic mass is 9.41. The Morgan fingerprint density at radius 2 is 1.65 bits per heavy atom. The van der Waals surface area contributed by atoms with Crippen LogP contribution in [0.4, 0.5) is 0 Å². The van der Waals surface area contributed by atoms with E-state index < -0.39 is 17.8 Å². The summed E-state index contributed by atoms with van der Waals surface area (Å²) >= 11 is 0. The van der Waals surface area contributed by atoms with Crippen LogP contribution in [-0.4, -0.2) is 44.3 Å². The maximum Gasteiger partial charge on any atom is 0.108 e. The Morgan fingerprint density at radius 1 is 1.00 bits per heavy atom. The lowest BCUT2D eigenvalue weighted by Crippen LogP contribution is -2.58. The second-order valence-electron chi connectivity index (χ2n) is 14.7. The van der Waals surface area contributed by atoms with Gasteiger partial charge in [-0.05, 0) is 111 Å². The number of aliphatic hydroxyl groups is 4. The van der Waals surface area contributed by atoms with Gasteiger partial charge >= 0.3 is 0 Å². The van der Waals surface area contributed by atoms with Crippen LogP contribution >= 0.6 is 0 Å². The van der Waals surface area contributed by atoms with Crippen molar-refractivity contribution in [1.29, 1.82) is 0 Å². The minimum absolute atomic E-state index is 0.0408. The van der Waals surface area contributed by atoms with Crippen molar-refractivity contribution in [1.82, 2.24) is 0 Å². The van der Waals surface area contributed by atoms with Gasteiger partial charge in [-0.15, -0.1) is 0 Å². The van der Waals surface area contributed by atoms with Crippen LogP contribution in [0.5, 0.6) is 0 Å². The van der Waals surface area contributed by atoms with Gasteiger partial charge in [0.1, 0.15) is 6.10 Å². The topological polar surface area (TPSA) is 80.9 Å². The lowest BCUT2D eigenvalue weighted by Gasteiger charge is -2.64. The van der Waals surface area contributed by atoms with Gasteiger partial charge < -0.3 is 20.4 Å². The first-order valence-corrected chi connectivity index (χ1v) is 14.0. The van der Waals surface area contributed by atoms with Crippen LogP contribution in [0.3, 0.4) is 0 Å². The molecule has 0 amide bonds. The van der Waals surface area contributed by atoms with Gasteiger partial charge in [-0.3, -0.25) is 0 Å². The summed E-state index contributed by atoms with van der Waals surface area (Å²) in [6, 6.07) is 0. The first-order valence-electron chi connectivity index (χ1n) is 14.0. The Kier molecular flexibility index (Phi) is 6.50. The van der Waals surface area contributed by atoms with Gasteiger partial charge in [0.15, 0.2) is 0 Å². The lowest BCUT2D eigenvalue weighted by molar-refractivity contribution is -0.133. The Hall–Kier alpha value is -0.420. The van der Waals surface area contributed by atoms with Crippen molar-refractivity contribution >= 4 is 0 Å². The summed E-state index contributed by atoms with van der Waals surface area (Å²) in [5.74, 6) is 1.91. The van der Waals surface area contributed by atoms with Crippen LogP contribution in [0.15, 0.2) is 11.6 Å². The van der Waals surface area contributed by atoms with Crippen molar-refractivity contribution in [3.63, 3.8) is 0 Å². The Labute approximate surface area is 208 Å². The van der Waals surface area contributed by atoms with Crippen molar-refractivity contribution in [3.05, 3.63) is 11.6 Å². The summed E-state index contributed by atoms with van der Waals surface area (Å²) in [5.41, 5.74) is 0.962. The smallest absolute Gasteiger partial charge is 0.108 e. The van der Waals surface area contributed by atoms with Gasteiger partial charge in [0.25, 0.3) is 0 Å². The molecule has 4 rings (SSSR count). The molecule has 10 atom stereocenters. The first-order chi connectivity index (χ1) is 15.5. The highest BCUT2D eigenvalue weighted by Gasteiger charge is 2.65. The van der Waals surface area contributed by atoms with Crippen LogP contribution in [0, 0.1) is 45.3 Å². The van der Waals surface area contributed by atoms with Gasteiger partial charge in [0.2, 0.25) is 0 Å². The van der Waals surface area contributed by atoms with Gasteiger partial charge in [-0.2, -0.15) is 0 Å². The zero-order chi connectivity index (χ0) is 25.5. The fourth-order valence-electron chi connectivity index (χ4n) is 9.80. The molecule has 0 unspecified atom stereocenters. The van der Waals surface area contributed by atoms with E-state index in [-0.39, 0.29) is 33.7 Å². The van der Waals surface area contributed by atoms with Gasteiger partial charge in [0, 0.05) is 0 Å². The van der Waals surface area contributed by atoms with E-state index in [4.69, 9.17) is 0 Å². The fourth-order valence-corrected chi connectivity index (χ4v) is 9.80. The molecule has 0 aromatic heterocycles. The summed E-state index contributed by atoms with van der Waals surface area (Å²) in [6.07, 6.45) is 8.76. The monoisotopic (exact) mass is 476 g/mol. The Bertz CT molecular complexity index is 811. The quantitative estimate of drug-likeness (QED) is 0.397. The van der Waals surface area contributed by atoms with Crippen LogP contribution < -0.4 is 0 Å². The SMILES string of the molecule is C[C@@H](C[C@@H](O)[C@H](O)C(C)(C)O)[C@@H]1CC[C@]2(C)C3=CC[C@H]4C(C)(C)[C@@H](O)CC[C@]4(C)[C@H]3CC[C@@]12C. The average Bonchev–Trinajstić information content (AvgIpc) is 3.01. The number of allylic oxidation sites excluding steroid dienone is 2. The van der Waals surface area contributed by atoms with E-state index >= 15 is 0 Å². The van der Waals surface area contributed by atoms with E-state index in [0.717, 1.165) is 25.7 Å². The number of hydrogen-bond donors (Lipinski definition) is 4. The summed E-state index contributed by atoms with van der Waals surface area (Å²) in [4.78, 5) is 0. The maximum atomic E-state index is 10.8. The fraction of sp³-hybridized carbons (Fsp3) is 0.933. The standard InChI is InChI=1S/C30H52O4/c1-18(17-22(31)25(33)27(4,5)34)19-11-15-30(8)21-9-10-23-26(2,3)24(32)13-14-28(23,6)20(21)12-16-29(19,30)7/h9,18-20,22-25,31-34H,10-17H2,1-8H3/t18-,19-,20-,22+,23-,24-,25-,28+,29-,30+/m0/s1.